The highest BCUT2D eigenvalue weighted by atomic mass is 32.2. The number of hydrogen-bond acceptors (Lipinski definition) is 5. The number of aliphatic carboxylic acids is 1. The number of carboxylic acid groups (broad SMARTS) is 1. The van der Waals surface area contributed by atoms with Gasteiger partial charge in [-0.2, -0.15) is 0 Å². The molecule has 0 aliphatic carbocycles. The van der Waals surface area contributed by atoms with Gasteiger partial charge in [0.1, 0.15) is 6.10 Å². The van der Waals surface area contributed by atoms with E-state index in [1.807, 2.05) is 0 Å². The van der Waals surface area contributed by atoms with Crippen LogP contribution in [-0.2, 0) is 24.2 Å². The summed E-state index contributed by atoms with van der Waals surface area (Å²) < 4.78 is 28.4. The third kappa shape index (κ3) is 3.59. The van der Waals surface area contributed by atoms with Crippen molar-refractivity contribution in [1.29, 1.82) is 0 Å². The summed E-state index contributed by atoms with van der Waals surface area (Å²) >= 11 is 0. The van der Waals surface area contributed by atoms with Crippen molar-refractivity contribution in [2.45, 2.75) is 29.9 Å². The van der Waals surface area contributed by atoms with Crippen LogP contribution in [0.1, 0.15) is 12.8 Å². The van der Waals surface area contributed by atoms with Gasteiger partial charge in [-0.3, -0.25) is 4.79 Å². The van der Waals surface area contributed by atoms with E-state index in [2.05, 4.69) is 5.32 Å². The van der Waals surface area contributed by atoms with E-state index < -0.39 is 33.9 Å². The molecule has 8 heteroatoms. The molecular weight excluding hydrogens is 298 g/mol. The Hall–Kier alpha value is -1.93. The smallest absolute Gasteiger partial charge is 0.332 e. The molecular formula is C13H15NO6S. The normalized spacial score (nSPS) is 22.0. The first-order valence-electron chi connectivity index (χ1n) is 6.27. The summed E-state index contributed by atoms with van der Waals surface area (Å²) in [5.41, 5.74) is 0.160. The first kappa shape index (κ1) is 15.5. The molecule has 2 atom stereocenters. The van der Waals surface area contributed by atoms with Crippen LogP contribution in [0.2, 0.25) is 0 Å². The van der Waals surface area contributed by atoms with Crippen molar-refractivity contribution in [2.24, 2.45) is 0 Å². The molecule has 0 unspecified atom stereocenters. The predicted molar refractivity (Wildman–Crippen MR) is 73.7 cm³/mol. The average Bonchev–Trinajstić information content (AvgIpc) is 2.88. The zero-order valence-electron chi connectivity index (χ0n) is 11.3. The summed E-state index contributed by atoms with van der Waals surface area (Å²) in [7, 11) is -3.48. The van der Waals surface area contributed by atoms with Crippen LogP contribution in [0.25, 0.3) is 0 Å². The third-order valence-electron chi connectivity index (χ3n) is 3.13. The molecule has 0 aromatic heterocycles. The fourth-order valence-corrected chi connectivity index (χ4v) is 2.96. The molecule has 0 radical (unpaired) electrons. The van der Waals surface area contributed by atoms with Crippen LogP contribution in [0.15, 0.2) is 29.2 Å². The van der Waals surface area contributed by atoms with Crippen LogP contribution in [0, 0.1) is 0 Å². The van der Waals surface area contributed by atoms with Gasteiger partial charge in [0.2, 0.25) is 0 Å². The minimum atomic E-state index is -3.48. The molecule has 2 N–H and O–H groups in total. The number of sulfone groups is 1. The maximum Gasteiger partial charge on any atom is 0.332 e. The lowest BCUT2D eigenvalue weighted by Gasteiger charge is -2.13. The second-order valence-corrected chi connectivity index (χ2v) is 6.77. The second kappa shape index (κ2) is 5.82. The maximum absolute atomic E-state index is 12.0. The molecule has 114 valence electrons. The first-order valence-corrected chi connectivity index (χ1v) is 8.16. The number of amides is 1. The van der Waals surface area contributed by atoms with Crippen molar-refractivity contribution in [3.63, 3.8) is 0 Å². The van der Waals surface area contributed by atoms with E-state index in [0.717, 1.165) is 6.26 Å². The summed E-state index contributed by atoms with van der Waals surface area (Å²) in [4.78, 5) is 22.8. The zero-order valence-corrected chi connectivity index (χ0v) is 12.1. The van der Waals surface area contributed by atoms with E-state index in [4.69, 9.17) is 9.84 Å². The number of carbonyl (C=O) groups excluding carboxylic acids is 1. The minimum Gasteiger partial charge on any atom is -0.479 e. The fraction of sp³-hybridized carbons (Fsp3) is 0.385. The van der Waals surface area contributed by atoms with E-state index in [-0.39, 0.29) is 23.4 Å². The Morgan fingerprint density at radius 2 is 1.86 bits per heavy atom. The number of para-hydroxylation sites is 1. The highest BCUT2D eigenvalue weighted by Crippen LogP contribution is 2.24. The molecule has 1 amide bonds. The van der Waals surface area contributed by atoms with Crippen molar-refractivity contribution >= 4 is 27.4 Å². The number of benzene rings is 1. The van der Waals surface area contributed by atoms with Crippen molar-refractivity contribution in [3.8, 4) is 0 Å². The van der Waals surface area contributed by atoms with Gasteiger partial charge in [0.05, 0.1) is 10.6 Å². The van der Waals surface area contributed by atoms with Crippen LogP contribution < -0.4 is 5.32 Å². The number of anilines is 1. The lowest BCUT2D eigenvalue weighted by molar-refractivity contribution is -0.150. The number of carbonyl (C=O) groups is 2. The average molecular weight is 313 g/mol. The Morgan fingerprint density at radius 3 is 2.43 bits per heavy atom. The van der Waals surface area contributed by atoms with E-state index >= 15 is 0 Å². The second-order valence-electron chi connectivity index (χ2n) is 4.79. The van der Waals surface area contributed by atoms with Crippen LogP contribution in [0.3, 0.4) is 0 Å². The predicted octanol–water partition coefficient (Wildman–Crippen LogP) is 0.661. The maximum atomic E-state index is 12.0. The Bertz CT molecular complexity index is 669. The molecule has 1 aromatic carbocycles. The summed E-state index contributed by atoms with van der Waals surface area (Å²) in [6.45, 7) is 0. The monoisotopic (exact) mass is 313 g/mol. The Kier molecular flexibility index (Phi) is 4.29. The van der Waals surface area contributed by atoms with E-state index in [9.17, 15) is 18.0 Å². The van der Waals surface area contributed by atoms with Gasteiger partial charge in [-0.05, 0) is 25.0 Å². The lowest BCUT2D eigenvalue weighted by Crippen LogP contribution is -2.30. The summed E-state index contributed by atoms with van der Waals surface area (Å²) in [5, 5.41) is 11.3. The van der Waals surface area contributed by atoms with Gasteiger partial charge in [0.15, 0.2) is 15.9 Å². The van der Waals surface area contributed by atoms with Gasteiger partial charge < -0.3 is 15.2 Å². The van der Waals surface area contributed by atoms with Crippen molar-refractivity contribution < 1.29 is 27.9 Å². The standard InChI is InChI=1S/C13H15NO6S/c1-21(18,19)11-5-3-2-4-8(11)14-12(15)9-6-7-10(20-9)13(16)17/h2-5,9-10H,6-7H2,1H3,(H,14,15)(H,16,17)/t9-,10+/m0/s1. The molecule has 1 aliphatic rings. The number of hydrogen-bond donors (Lipinski definition) is 2. The zero-order chi connectivity index (χ0) is 15.6. The summed E-state index contributed by atoms with van der Waals surface area (Å²) in [5.74, 6) is -1.66. The molecule has 7 nitrogen and oxygen atoms in total. The Balaban J connectivity index is 2.13. The molecule has 1 fully saturated rings. The lowest BCUT2D eigenvalue weighted by atomic mass is 10.2. The van der Waals surface area contributed by atoms with Gasteiger partial charge in [0, 0.05) is 6.26 Å². The summed E-state index contributed by atoms with van der Waals surface area (Å²) in [6.07, 6.45) is -0.306. The van der Waals surface area contributed by atoms with Crippen molar-refractivity contribution in [3.05, 3.63) is 24.3 Å². The topological polar surface area (TPSA) is 110 Å². The molecule has 1 aliphatic heterocycles. The van der Waals surface area contributed by atoms with Crippen LogP contribution >= 0.6 is 0 Å². The van der Waals surface area contributed by atoms with E-state index in [1.165, 1.54) is 12.1 Å². The molecule has 1 saturated heterocycles. The Morgan fingerprint density at radius 1 is 1.24 bits per heavy atom. The number of nitrogens with one attached hydrogen (secondary N) is 1. The van der Waals surface area contributed by atoms with Crippen molar-refractivity contribution in [1.82, 2.24) is 0 Å². The van der Waals surface area contributed by atoms with E-state index in [1.54, 1.807) is 12.1 Å². The molecule has 21 heavy (non-hydrogen) atoms. The van der Waals surface area contributed by atoms with Crippen molar-refractivity contribution in [2.75, 3.05) is 11.6 Å². The molecule has 0 spiro atoms. The number of ether oxygens (including phenoxy) is 1. The molecule has 0 saturated carbocycles. The SMILES string of the molecule is CS(=O)(=O)c1ccccc1NC(=O)[C@@H]1CC[C@H](C(=O)O)O1. The largest absolute Gasteiger partial charge is 0.479 e. The highest BCUT2D eigenvalue weighted by molar-refractivity contribution is 7.90. The van der Waals surface area contributed by atoms with Gasteiger partial charge in [-0.1, -0.05) is 12.1 Å². The molecule has 2 rings (SSSR count). The Labute approximate surface area is 121 Å². The highest BCUT2D eigenvalue weighted by Gasteiger charge is 2.35. The number of rotatable bonds is 4. The first-order chi connectivity index (χ1) is 9.79. The van der Waals surface area contributed by atoms with Gasteiger partial charge >= 0.3 is 5.97 Å². The van der Waals surface area contributed by atoms with Crippen LogP contribution in [0.5, 0.6) is 0 Å². The summed E-state index contributed by atoms with van der Waals surface area (Å²) in [6, 6.07) is 6.01. The minimum absolute atomic E-state index is 0.00568. The van der Waals surface area contributed by atoms with Crippen LogP contribution in [-0.4, -0.2) is 43.9 Å². The molecule has 1 aromatic rings. The van der Waals surface area contributed by atoms with Crippen LogP contribution in [0.4, 0.5) is 5.69 Å². The van der Waals surface area contributed by atoms with Gasteiger partial charge in [0.25, 0.3) is 5.91 Å². The molecule has 0 bridgehead atoms. The van der Waals surface area contributed by atoms with E-state index in [0.29, 0.717) is 0 Å². The molecule has 1 heterocycles. The fourth-order valence-electron chi connectivity index (χ4n) is 2.12. The quantitative estimate of drug-likeness (QED) is 0.845. The van der Waals surface area contributed by atoms with Gasteiger partial charge in [-0.15, -0.1) is 0 Å². The van der Waals surface area contributed by atoms with Gasteiger partial charge in [-0.25, -0.2) is 13.2 Å². The number of carboxylic acids is 1. The third-order valence-corrected chi connectivity index (χ3v) is 4.29.